The largest absolute Gasteiger partial charge is 0.375 e. The van der Waals surface area contributed by atoms with Gasteiger partial charge in [-0.3, -0.25) is 0 Å². The molecule has 1 aromatic carbocycles. The molecule has 2 N–H and O–H groups in total. The first kappa shape index (κ1) is 14.4. The molecule has 0 saturated heterocycles. The zero-order valence-corrected chi connectivity index (χ0v) is 13.4. The van der Waals surface area contributed by atoms with Crippen molar-refractivity contribution in [3.05, 3.63) is 40.8 Å². The van der Waals surface area contributed by atoms with Gasteiger partial charge >= 0.3 is 0 Å². The van der Waals surface area contributed by atoms with Gasteiger partial charge in [-0.1, -0.05) is 40.2 Å². The molecular weight excluding hydrogens is 328 g/mol. The lowest BCUT2D eigenvalue weighted by Crippen LogP contribution is -1.85. The lowest BCUT2D eigenvalue weighted by Gasteiger charge is -1.96. The van der Waals surface area contributed by atoms with E-state index in [1.807, 2.05) is 25.1 Å². The standard InChI is InChI=1S/C13H11ClN4OS2/c1-7-12(21-13(15)16-7)20-6-10-17-11(19-18-10)8-4-2-3-5-9(8)14/h2-5H,6H2,1H3,(H2,15,16). The van der Waals surface area contributed by atoms with Crippen LogP contribution in [0.5, 0.6) is 0 Å². The minimum absolute atomic E-state index is 0.428. The maximum Gasteiger partial charge on any atom is 0.259 e. The van der Waals surface area contributed by atoms with E-state index in [0.29, 0.717) is 27.6 Å². The molecule has 108 valence electrons. The molecule has 0 amide bonds. The van der Waals surface area contributed by atoms with Gasteiger partial charge in [0.05, 0.1) is 26.2 Å². The highest BCUT2D eigenvalue weighted by Crippen LogP contribution is 2.33. The first-order valence-electron chi connectivity index (χ1n) is 6.06. The van der Waals surface area contributed by atoms with Gasteiger partial charge in [0.15, 0.2) is 11.0 Å². The van der Waals surface area contributed by atoms with Crippen molar-refractivity contribution >= 4 is 39.8 Å². The predicted octanol–water partition coefficient (Wildman–Crippen LogP) is 4.03. The number of rotatable bonds is 4. The van der Waals surface area contributed by atoms with Crippen LogP contribution in [0.2, 0.25) is 5.02 Å². The average Bonchev–Trinajstić information content (AvgIpc) is 3.04. The summed E-state index contributed by atoms with van der Waals surface area (Å²) in [7, 11) is 0. The maximum atomic E-state index is 6.11. The summed E-state index contributed by atoms with van der Waals surface area (Å²) in [5.41, 5.74) is 7.34. The number of halogens is 1. The van der Waals surface area contributed by atoms with E-state index in [9.17, 15) is 0 Å². The van der Waals surface area contributed by atoms with E-state index in [-0.39, 0.29) is 0 Å². The molecule has 21 heavy (non-hydrogen) atoms. The topological polar surface area (TPSA) is 77.8 Å². The molecule has 5 nitrogen and oxygen atoms in total. The molecule has 0 aliphatic carbocycles. The van der Waals surface area contributed by atoms with Gasteiger partial charge in [0, 0.05) is 0 Å². The van der Waals surface area contributed by atoms with Gasteiger partial charge in [0.2, 0.25) is 0 Å². The highest BCUT2D eigenvalue weighted by molar-refractivity contribution is 8.00. The fourth-order valence-corrected chi connectivity index (χ4v) is 3.81. The van der Waals surface area contributed by atoms with Gasteiger partial charge in [-0.05, 0) is 19.1 Å². The Morgan fingerprint density at radius 2 is 2.14 bits per heavy atom. The van der Waals surface area contributed by atoms with Crippen molar-refractivity contribution in [3.8, 4) is 11.5 Å². The van der Waals surface area contributed by atoms with Crippen LogP contribution < -0.4 is 5.73 Å². The molecule has 0 spiro atoms. The van der Waals surface area contributed by atoms with Crippen LogP contribution in [0.3, 0.4) is 0 Å². The average molecular weight is 339 g/mol. The molecule has 0 aliphatic heterocycles. The summed E-state index contributed by atoms with van der Waals surface area (Å²) in [5, 5.41) is 5.13. The third-order valence-corrected chi connectivity index (χ3v) is 5.35. The lowest BCUT2D eigenvalue weighted by molar-refractivity contribution is 0.425. The zero-order chi connectivity index (χ0) is 14.8. The Bertz CT molecular complexity index is 771. The van der Waals surface area contributed by atoms with Gasteiger partial charge in [-0.15, -0.1) is 11.8 Å². The third-order valence-electron chi connectivity index (χ3n) is 2.68. The van der Waals surface area contributed by atoms with Crippen molar-refractivity contribution in [2.45, 2.75) is 16.9 Å². The minimum atomic E-state index is 0.428. The predicted molar refractivity (Wildman–Crippen MR) is 85.6 cm³/mol. The quantitative estimate of drug-likeness (QED) is 0.723. The summed E-state index contributed by atoms with van der Waals surface area (Å²) in [6, 6.07) is 7.37. The number of thiazole rings is 1. The van der Waals surface area contributed by atoms with E-state index >= 15 is 0 Å². The number of nitrogens with zero attached hydrogens (tertiary/aromatic N) is 3. The van der Waals surface area contributed by atoms with Crippen LogP contribution in [0, 0.1) is 6.92 Å². The molecular formula is C13H11ClN4OS2. The fourth-order valence-electron chi connectivity index (χ4n) is 1.72. The maximum absolute atomic E-state index is 6.11. The van der Waals surface area contributed by atoms with Crippen LogP contribution in [0.25, 0.3) is 11.5 Å². The van der Waals surface area contributed by atoms with Gasteiger partial charge in [0.1, 0.15) is 0 Å². The van der Waals surface area contributed by atoms with Crippen molar-refractivity contribution in [2.75, 3.05) is 5.73 Å². The number of nitrogen functional groups attached to an aromatic ring is 1. The Balaban J connectivity index is 1.74. The number of aryl methyl sites for hydroxylation is 1. The van der Waals surface area contributed by atoms with Crippen LogP contribution in [0.1, 0.15) is 11.5 Å². The molecule has 0 atom stereocenters. The number of anilines is 1. The van der Waals surface area contributed by atoms with Crippen molar-refractivity contribution in [1.29, 1.82) is 0 Å². The number of hydrogen-bond acceptors (Lipinski definition) is 7. The summed E-state index contributed by atoms with van der Waals surface area (Å²) in [6.07, 6.45) is 0. The SMILES string of the molecule is Cc1nc(N)sc1SCc1noc(-c2ccccc2Cl)n1. The molecule has 0 radical (unpaired) electrons. The Morgan fingerprint density at radius 1 is 1.33 bits per heavy atom. The molecule has 0 saturated carbocycles. The van der Waals surface area contributed by atoms with E-state index in [2.05, 4.69) is 15.1 Å². The van der Waals surface area contributed by atoms with Gasteiger partial charge in [0.25, 0.3) is 5.89 Å². The monoisotopic (exact) mass is 338 g/mol. The molecule has 0 aliphatic rings. The second-order valence-electron chi connectivity index (χ2n) is 4.21. The van der Waals surface area contributed by atoms with Gasteiger partial charge < -0.3 is 10.3 Å². The Labute approximate surface area is 134 Å². The van der Waals surface area contributed by atoms with E-state index in [1.54, 1.807) is 17.8 Å². The van der Waals surface area contributed by atoms with Crippen LogP contribution in [-0.2, 0) is 5.75 Å². The van der Waals surface area contributed by atoms with Crippen molar-refractivity contribution in [2.24, 2.45) is 0 Å². The van der Waals surface area contributed by atoms with E-state index < -0.39 is 0 Å². The van der Waals surface area contributed by atoms with Crippen LogP contribution >= 0.6 is 34.7 Å². The first-order valence-corrected chi connectivity index (χ1v) is 8.24. The minimum Gasteiger partial charge on any atom is -0.375 e. The number of aromatic nitrogens is 3. The molecule has 0 fully saturated rings. The Hall–Kier alpha value is -1.57. The number of thioether (sulfide) groups is 1. The summed E-state index contributed by atoms with van der Waals surface area (Å²) >= 11 is 9.16. The second kappa shape index (κ2) is 6.05. The second-order valence-corrected chi connectivity index (χ2v) is 6.89. The zero-order valence-electron chi connectivity index (χ0n) is 11.0. The van der Waals surface area contributed by atoms with Crippen molar-refractivity contribution < 1.29 is 4.52 Å². The lowest BCUT2D eigenvalue weighted by atomic mass is 10.2. The number of nitrogens with two attached hydrogens (primary N) is 1. The number of benzene rings is 1. The summed E-state index contributed by atoms with van der Waals surface area (Å²) in [6.45, 7) is 1.93. The summed E-state index contributed by atoms with van der Waals surface area (Å²) in [5.74, 6) is 1.63. The highest BCUT2D eigenvalue weighted by Gasteiger charge is 2.13. The summed E-state index contributed by atoms with van der Waals surface area (Å²) < 4.78 is 6.33. The van der Waals surface area contributed by atoms with Gasteiger partial charge in [-0.25, -0.2) is 4.98 Å². The molecule has 3 rings (SSSR count). The molecule has 2 heterocycles. The molecule has 0 unspecified atom stereocenters. The highest BCUT2D eigenvalue weighted by atomic mass is 35.5. The van der Waals surface area contributed by atoms with E-state index in [1.165, 1.54) is 11.3 Å². The van der Waals surface area contributed by atoms with Crippen molar-refractivity contribution in [1.82, 2.24) is 15.1 Å². The van der Waals surface area contributed by atoms with Gasteiger partial charge in [-0.2, -0.15) is 4.98 Å². The molecule has 2 aromatic heterocycles. The van der Waals surface area contributed by atoms with E-state index in [4.69, 9.17) is 21.9 Å². The number of hydrogen-bond donors (Lipinski definition) is 1. The third kappa shape index (κ3) is 3.20. The normalized spacial score (nSPS) is 11.0. The van der Waals surface area contributed by atoms with Crippen LogP contribution in [-0.4, -0.2) is 15.1 Å². The molecule has 0 bridgehead atoms. The molecule has 3 aromatic rings. The van der Waals surface area contributed by atoms with Crippen molar-refractivity contribution in [3.63, 3.8) is 0 Å². The van der Waals surface area contributed by atoms with E-state index in [0.717, 1.165) is 15.5 Å². The van der Waals surface area contributed by atoms with Crippen LogP contribution in [0.15, 0.2) is 33.0 Å². The summed E-state index contributed by atoms with van der Waals surface area (Å²) in [4.78, 5) is 8.54. The Kier molecular flexibility index (Phi) is 4.14. The molecule has 8 heteroatoms. The Morgan fingerprint density at radius 3 is 2.86 bits per heavy atom. The fraction of sp³-hybridized carbons (Fsp3) is 0.154. The first-order chi connectivity index (χ1) is 10.1. The smallest absolute Gasteiger partial charge is 0.259 e. The van der Waals surface area contributed by atoms with Crippen LogP contribution in [0.4, 0.5) is 5.13 Å².